The van der Waals surface area contributed by atoms with Gasteiger partial charge in [-0.15, -0.1) is 11.3 Å². The van der Waals surface area contributed by atoms with Gasteiger partial charge in [-0.2, -0.15) is 4.98 Å². The second-order valence-electron chi connectivity index (χ2n) is 7.79. The number of nitrogens with zero attached hydrogens (tertiary/aromatic N) is 2. The molecule has 0 atom stereocenters. The number of rotatable bonds is 6. The zero-order chi connectivity index (χ0) is 22.8. The Balaban J connectivity index is 1.42. The number of hydrogen-bond donors (Lipinski definition) is 0. The predicted molar refractivity (Wildman–Crippen MR) is 134 cm³/mol. The molecule has 0 unspecified atom stereocenters. The Kier molecular flexibility index (Phi) is 5.90. The molecule has 0 aliphatic rings. The second kappa shape index (κ2) is 9.14. The molecule has 3 aromatic carbocycles. The van der Waals surface area contributed by atoms with E-state index in [1.54, 1.807) is 6.33 Å². The minimum Gasteiger partial charge on any atom is -0.326 e. The fraction of sp³-hybridized carbons (Fsp3) is 0.0741. The van der Waals surface area contributed by atoms with E-state index >= 15 is 0 Å². The van der Waals surface area contributed by atoms with Crippen LogP contribution in [0.3, 0.4) is 0 Å². The maximum absolute atomic E-state index is 12.6. The Morgan fingerprint density at radius 2 is 1.64 bits per heavy atom. The van der Waals surface area contributed by atoms with Crippen molar-refractivity contribution in [2.45, 2.75) is 13.0 Å². The zero-order valence-corrected chi connectivity index (χ0v) is 19.1. The summed E-state index contributed by atoms with van der Waals surface area (Å²) in [6, 6.07) is 26.9. The number of benzene rings is 3. The number of carbonyl (C=O) groups is 1. The van der Waals surface area contributed by atoms with Crippen molar-refractivity contribution in [3.05, 3.63) is 123 Å². The molecule has 0 saturated heterocycles. The number of ketones is 1. The van der Waals surface area contributed by atoms with E-state index < -0.39 is 0 Å². The highest BCUT2D eigenvalue weighted by Crippen LogP contribution is 2.32. The fourth-order valence-electron chi connectivity index (χ4n) is 3.75. The Morgan fingerprint density at radius 3 is 2.36 bits per heavy atom. The Labute approximate surface area is 199 Å². The van der Waals surface area contributed by atoms with E-state index in [-0.39, 0.29) is 11.3 Å². The first-order valence-corrected chi connectivity index (χ1v) is 11.7. The van der Waals surface area contributed by atoms with E-state index in [2.05, 4.69) is 4.98 Å². The molecule has 0 aliphatic carbocycles. The molecule has 2 heterocycles. The summed E-state index contributed by atoms with van der Waals surface area (Å²) in [5.74, 6) is 0.0796. The molecular formula is C27H19ClN2O2S. The van der Waals surface area contributed by atoms with Crippen molar-refractivity contribution in [2.24, 2.45) is 0 Å². The van der Waals surface area contributed by atoms with Crippen LogP contribution in [0.5, 0.6) is 0 Å². The maximum atomic E-state index is 12.6. The van der Waals surface area contributed by atoms with Crippen LogP contribution in [0.2, 0.25) is 5.02 Å². The fourth-order valence-corrected chi connectivity index (χ4v) is 4.94. The van der Waals surface area contributed by atoms with Gasteiger partial charge in [0.25, 0.3) is 5.56 Å². The van der Waals surface area contributed by atoms with Crippen LogP contribution in [-0.2, 0) is 13.0 Å². The second-order valence-corrected chi connectivity index (χ2v) is 9.28. The van der Waals surface area contributed by atoms with Crippen LogP contribution in [0.4, 0.5) is 0 Å². The minimum atomic E-state index is -0.233. The maximum Gasteiger partial charge on any atom is 0.290 e. The molecule has 0 N–H and O–H groups in total. The van der Waals surface area contributed by atoms with Gasteiger partial charge in [-0.3, -0.25) is 9.59 Å². The number of carbonyl (C=O) groups excluding carboxylic acids is 1. The average molecular weight is 471 g/mol. The lowest BCUT2D eigenvalue weighted by Gasteiger charge is -2.07. The van der Waals surface area contributed by atoms with Gasteiger partial charge in [0.1, 0.15) is 4.70 Å². The molecule has 5 aromatic rings. The molecule has 6 heteroatoms. The highest BCUT2D eigenvalue weighted by atomic mass is 35.5. The summed E-state index contributed by atoms with van der Waals surface area (Å²) in [7, 11) is 0. The Hall–Kier alpha value is -3.54. The van der Waals surface area contributed by atoms with Crippen molar-refractivity contribution in [1.82, 2.24) is 9.55 Å². The summed E-state index contributed by atoms with van der Waals surface area (Å²) in [6.07, 6.45) is 1.96. The van der Waals surface area contributed by atoms with E-state index in [9.17, 15) is 9.59 Å². The highest BCUT2D eigenvalue weighted by molar-refractivity contribution is 7.22. The van der Waals surface area contributed by atoms with Crippen LogP contribution in [0, 0.1) is 0 Å². The van der Waals surface area contributed by atoms with Crippen molar-refractivity contribution in [2.75, 3.05) is 0 Å². The Bertz CT molecular complexity index is 1490. The van der Waals surface area contributed by atoms with E-state index in [0.717, 1.165) is 27.1 Å². The van der Waals surface area contributed by atoms with Crippen LogP contribution in [-0.4, -0.2) is 15.3 Å². The number of hydrogen-bond acceptors (Lipinski definition) is 4. The van der Waals surface area contributed by atoms with Gasteiger partial charge in [0, 0.05) is 28.4 Å². The van der Waals surface area contributed by atoms with E-state index in [1.165, 1.54) is 11.3 Å². The van der Waals surface area contributed by atoms with Crippen molar-refractivity contribution < 1.29 is 4.79 Å². The lowest BCUT2D eigenvalue weighted by Crippen LogP contribution is -2.11. The Morgan fingerprint density at radius 1 is 0.909 bits per heavy atom. The highest BCUT2D eigenvalue weighted by Gasteiger charge is 2.13. The molecule has 5 rings (SSSR count). The van der Waals surface area contributed by atoms with E-state index in [0.29, 0.717) is 28.3 Å². The van der Waals surface area contributed by atoms with Crippen molar-refractivity contribution in [3.63, 3.8) is 0 Å². The van der Waals surface area contributed by atoms with Crippen LogP contribution < -0.4 is 5.56 Å². The number of aromatic nitrogens is 2. The van der Waals surface area contributed by atoms with E-state index in [4.69, 9.17) is 11.6 Å². The average Bonchev–Trinajstić information content (AvgIpc) is 3.30. The third-order valence-corrected chi connectivity index (χ3v) is 6.91. The summed E-state index contributed by atoms with van der Waals surface area (Å²) in [5.41, 5.74) is 4.31. The first-order valence-electron chi connectivity index (χ1n) is 10.5. The molecule has 0 spiro atoms. The molecule has 2 aromatic heterocycles. The lowest BCUT2D eigenvalue weighted by molar-refractivity contribution is 0.0993. The molecule has 0 radical (unpaired) electrons. The molecule has 0 amide bonds. The third-order valence-electron chi connectivity index (χ3n) is 5.50. The quantitative estimate of drug-likeness (QED) is 0.275. The topological polar surface area (TPSA) is 52.0 Å². The summed E-state index contributed by atoms with van der Waals surface area (Å²) >= 11 is 7.41. The summed E-state index contributed by atoms with van der Waals surface area (Å²) in [5, 5.41) is 0.686. The summed E-state index contributed by atoms with van der Waals surface area (Å²) < 4.78 is 2.59. The number of thiophene rings is 1. The lowest BCUT2D eigenvalue weighted by atomic mass is 10.0. The first-order chi connectivity index (χ1) is 16.1. The number of halogens is 1. The molecule has 0 aliphatic heterocycles. The minimum absolute atomic E-state index is 0.0796. The third kappa shape index (κ3) is 4.65. The molecule has 4 nitrogen and oxygen atoms in total. The van der Waals surface area contributed by atoms with E-state index in [1.807, 2.05) is 89.5 Å². The first kappa shape index (κ1) is 21.3. The van der Waals surface area contributed by atoms with Gasteiger partial charge in [0.2, 0.25) is 0 Å². The van der Waals surface area contributed by atoms with Gasteiger partial charge in [-0.1, -0.05) is 78.3 Å². The molecule has 0 saturated carbocycles. The summed E-state index contributed by atoms with van der Waals surface area (Å²) in [4.78, 5) is 30.1. The van der Waals surface area contributed by atoms with Gasteiger partial charge in [-0.05, 0) is 34.9 Å². The van der Waals surface area contributed by atoms with Crippen molar-refractivity contribution in [3.8, 4) is 10.4 Å². The molecule has 0 bridgehead atoms. The van der Waals surface area contributed by atoms with Gasteiger partial charge >= 0.3 is 0 Å². The monoisotopic (exact) mass is 470 g/mol. The zero-order valence-electron chi connectivity index (χ0n) is 17.6. The van der Waals surface area contributed by atoms with Gasteiger partial charge in [0.15, 0.2) is 5.78 Å². The SMILES string of the molecule is O=C(Cc1ccccc1)c1ccc(-c2cc3c(s2)c(=O)ncn3Cc2ccc(Cl)cc2)cc1. The molecular weight excluding hydrogens is 452 g/mol. The normalized spacial score (nSPS) is 11.1. The van der Waals surface area contributed by atoms with Crippen LogP contribution in [0.1, 0.15) is 21.5 Å². The van der Waals surface area contributed by atoms with Gasteiger partial charge in [-0.25, -0.2) is 0 Å². The predicted octanol–water partition coefficient (Wildman–Crippen LogP) is 6.25. The van der Waals surface area contributed by atoms with Crippen LogP contribution >= 0.6 is 22.9 Å². The molecule has 0 fully saturated rings. The van der Waals surface area contributed by atoms with Crippen molar-refractivity contribution >= 4 is 38.9 Å². The number of fused-ring (bicyclic) bond motifs is 1. The standard InChI is InChI=1S/C27H19ClN2O2S/c28-22-12-6-19(7-13-22)16-30-17-29-27(32)26-23(30)15-25(33-26)21-10-8-20(9-11-21)24(31)14-18-4-2-1-3-5-18/h1-13,15,17H,14,16H2. The molecule has 33 heavy (non-hydrogen) atoms. The smallest absolute Gasteiger partial charge is 0.290 e. The number of Topliss-reactive ketones (excluding diaryl/α,β-unsaturated/α-hetero) is 1. The van der Waals surface area contributed by atoms with Crippen LogP contribution in [0.15, 0.2) is 96.1 Å². The molecule has 162 valence electrons. The largest absolute Gasteiger partial charge is 0.326 e. The van der Waals surface area contributed by atoms with Crippen LogP contribution in [0.25, 0.3) is 20.7 Å². The van der Waals surface area contributed by atoms with Gasteiger partial charge in [0.05, 0.1) is 11.8 Å². The van der Waals surface area contributed by atoms with Crippen molar-refractivity contribution in [1.29, 1.82) is 0 Å². The van der Waals surface area contributed by atoms with Gasteiger partial charge < -0.3 is 4.57 Å². The summed E-state index contributed by atoms with van der Waals surface area (Å²) in [6.45, 7) is 0.587.